The second kappa shape index (κ2) is 10.5. The predicted octanol–water partition coefficient (Wildman–Crippen LogP) is 4.64. The topological polar surface area (TPSA) is 119 Å². The van der Waals surface area contributed by atoms with Crippen LogP contribution in [0, 0.1) is 23.7 Å². The molecule has 43 heavy (non-hydrogen) atoms. The number of rotatable bonds is 11. The van der Waals surface area contributed by atoms with Gasteiger partial charge in [-0.15, -0.1) is 0 Å². The van der Waals surface area contributed by atoms with Crippen molar-refractivity contribution in [2.75, 3.05) is 0 Å². The van der Waals surface area contributed by atoms with E-state index in [1.54, 1.807) is 27.5 Å². The van der Waals surface area contributed by atoms with Crippen LogP contribution in [0.15, 0.2) is 24.8 Å². The van der Waals surface area contributed by atoms with Crippen LogP contribution in [0.25, 0.3) is 5.78 Å². The maximum absolute atomic E-state index is 14.1. The zero-order valence-electron chi connectivity index (χ0n) is 23.6. The van der Waals surface area contributed by atoms with Gasteiger partial charge in [0.25, 0.3) is 11.8 Å². The second-order valence-corrected chi connectivity index (χ2v) is 12.8. The molecule has 2 amide bonds. The number of halogens is 4. The van der Waals surface area contributed by atoms with Crippen LogP contribution in [0.5, 0.6) is 0 Å². The lowest BCUT2D eigenvalue weighted by Crippen LogP contribution is -2.38. The van der Waals surface area contributed by atoms with Crippen molar-refractivity contribution in [3.8, 4) is 0 Å². The lowest BCUT2D eigenvalue weighted by Gasteiger charge is -2.33. The number of nitrogens with one attached hydrogen (secondary N) is 2. The number of carbonyl (C=O) groups excluding carboxylic acids is 2. The molecule has 0 aliphatic heterocycles. The quantitative estimate of drug-likeness (QED) is 0.309. The molecule has 0 radical (unpaired) electrons. The minimum Gasteiger partial charge on any atom is -0.347 e. The monoisotopic (exact) mass is 602 g/mol. The van der Waals surface area contributed by atoms with Gasteiger partial charge in [0.05, 0.1) is 23.5 Å². The summed E-state index contributed by atoms with van der Waals surface area (Å²) in [5.74, 6) is -6.39. The predicted molar refractivity (Wildman–Crippen MR) is 144 cm³/mol. The highest BCUT2D eigenvalue weighted by Crippen LogP contribution is 2.51. The third kappa shape index (κ3) is 6.23. The summed E-state index contributed by atoms with van der Waals surface area (Å²) < 4.78 is 58.1. The van der Waals surface area contributed by atoms with Gasteiger partial charge in [0.1, 0.15) is 6.33 Å². The van der Waals surface area contributed by atoms with Gasteiger partial charge in [-0.25, -0.2) is 37.2 Å². The lowest BCUT2D eigenvalue weighted by atomic mass is 9.81. The van der Waals surface area contributed by atoms with Gasteiger partial charge in [-0.1, -0.05) is 0 Å². The van der Waals surface area contributed by atoms with E-state index in [1.807, 2.05) is 0 Å². The fraction of sp³-hybridized carbons (Fsp3) is 0.655. The van der Waals surface area contributed by atoms with Gasteiger partial charge < -0.3 is 10.6 Å². The molecule has 2 N–H and O–H groups in total. The summed E-state index contributed by atoms with van der Waals surface area (Å²) in [5.41, 5.74) is 1.07. The molecule has 0 spiro atoms. The Kier molecular flexibility index (Phi) is 6.92. The molecule has 10 nitrogen and oxygen atoms in total. The Morgan fingerprint density at radius 3 is 2.30 bits per heavy atom. The van der Waals surface area contributed by atoms with Crippen LogP contribution in [-0.2, 0) is 11.3 Å². The minimum atomic E-state index is -2.76. The van der Waals surface area contributed by atoms with Gasteiger partial charge in [-0.2, -0.15) is 5.10 Å². The van der Waals surface area contributed by atoms with Crippen LogP contribution < -0.4 is 10.6 Å². The van der Waals surface area contributed by atoms with E-state index < -0.39 is 41.7 Å². The molecule has 0 saturated heterocycles. The van der Waals surface area contributed by atoms with Crippen molar-refractivity contribution in [1.29, 1.82) is 0 Å². The number of aromatic nitrogens is 6. The molecule has 14 heteroatoms. The first-order chi connectivity index (χ1) is 20.5. The molecule has 4 fully saturated rings. The number of carbonyl (C=O) groups is 2. The maximum atomic E-state index is 14.1. The summed E-state index contributed by atoms with van der Waals surface area (Å²) in [5, 5.41) is 10.1. The molecular formula is C29H34F4N8O2. The summed E-state index contributed by atoms with van der Waals surface area (Å²) >= 11 is 0. The first-order valence-electron chi connectivity index (χ1n) is 15.1. The number of amides is 2. The summed E-state index contributed by atoms with van der Waals surface area (Å²) in [7, 11) is 0. The Labute approximate surface area is 245 Å². The van der Waals surface area contributed by atoms with Gasteiger partial charge in [-0.05, 0) is 62.3 Å². The van der Waals surface area contributed by atoms with E-state index in [0.29, 0.717) is 29.6 Å². The van der Waals surface area contributed by atoms with Crippen LogP contribution in [-0.4, -0.2) is 52.8 Å². The van der Waals surface area contributed by atoms with E-state index in [1.165, 1.54) is 6.33 Å². The van der Waals surface area contributed by atoms with Crippen molar-refractivity contribution in [1.82, 2.24) is 39.8 Å². The van der Waals surface area contributed by atoms with E-state index in [2.05, 4.69) is 20.7 Å². The number of alkyl halides is 4. The van der Waals surface area contributed by atoms with Crippen LogP contribution >= 0.6 is 0 Å². The lowest BCUT2D eigenvalue weighted by molar-refractivity contribution is -0.123. The Hall–Kier alpha value is -3.58. The number of imidazole rings is 1. The summed E-state index contributed by atoms with van der Waals surface area (Å²) in [6, 6.07) is 0.695. The molecule has 3 aromatic rings. The van der Waals surface area contributed by atoms with Gasteiger partial charge in [0.2, 0.25) is 23.4 Å². The van der Waals surface area contributed by atoms with Crippen LogP contribution in [0.1, 0.15) is 98.3 Å². The summed E-state index contributed by atoms with van der Waals surface area (Å²) in [6.45, 7) is 0.603. The van der Waals surface area contributed by atoms with Crippen LogP contribution in [0.2, 0.25) is 0 Å². The summed E-state index contributed by atoms with van der Waals surface area (Å²) in [4.78, 5) is 39.6. The molecular weight excluding hydrogens is 568 g/mol. The Morgan fingerprint density at radius 1 is 0.953 bits per heavy atom. The van der Waals surface area contributed by atoms with Crippen LogP contribution in [0.3, 0.4) is 0 Å². The van der Waals surface area contributed by atoms with Crippen LogP contribution in [0.4, 0.5) is 17.6 Å². The highest BCUT2D eigenvalue weighted by atomic mass is 19.3. The Bertz CT molecular complexity index is 1520. The molecule has 230 valence electrons. The van der Waals surface area contributed by atoms with Crippen molar-refractivity contribution in [3.63, 3.8) is 0 Å². The molecule has 7 rings (SSSR count). The minimum absolute atomic E-state index is 0.164. The molecule has 4 saturated carbocycles. The second-order valence-electron chi connectivity index (χ2n) is 12.8. The van der Waals surface area contributed by atoms with Gasteiger partial charge >= 0.3 is 0 Å². The highest BCUT2D eigenvalue weighted by Gasteiger charge is 2.57. The zero-order valence-corrected chi connectivity index (χ0v) is 23.6. The molecule has 0 bridgehead atoms. The van der Waals surface area contributed by atoms with Gasteiger partial charge in [0, 0.05) is 50.5 Å². The molecule has 2 unspecified atom stereocenters. The number of hydrogen-bond donors (Lipinski definition) is 2. The van der Waals surface area contributed by atoms with Crippen molar-refractivity contribution in [2.24, 2.45) is 23.7 Å². The fourth-order valence-corrected chi connectivity index (χ4v) is 6.19. The van der Waals surface area contributed by atoms with E-state index >= 15 is 0 Å². The first kappa shape index (κ1) is 28.2. The average Bonchev–Trinajstić information content (AvgIpc) is 3.91. The van der Waals surface area contributed by atoms with E-state index in [4.69, 9.17) is 9.97 Å². The third-order valence-electron chi connectivity index (χ3n) is 9.27. The molecule has 3 atom stereocenters. The highest BCUT2D eigenvalue weighted by molar-refractivity contribution is 5.90. The summed E-state index contributed by atoms with van der Waals surface area (Å²) in [6.07, 6.45) is 8.19. The molecule has 4 aliphatic rings. The SMILES string of the molecule is O=C(C[C@@H]1CC1(F)F)NC(c1ccn2cc(C(NC(=O)c3ncnn3CC3CC3)C3CCC(F)(F)CC3)nc2n1)C1CC1. The van der Waals surface area contributed by atoms with Crippen molar-refractivity contribution < 1.29 is 27.2 Å². The van der Waals surface area contributed by atoms with Crippen molar-refractivity contribution >= 4 is 17.6 Å². The van der Waals surface area contributed by atoms with Gasteiger partial charge in [0.15, 0.2) is 0 Å². The Balaban J connectivity index is 1.13. The molecule has 3 aromatic heterocycles. The number of nitrogens with zero attached hydrogens (tertiary/aromatic N) is 6. The molecule has 0 aromatic carbocycles. The average molecular weight is 603 g/mol. The largest absolute Gasteiger partial charge is 0.347 e. The van der Waals surface area contributed by atoms with E-state index in [-0.39, 0.29) is 56.2 Å². The molecule has 3 heterocycles. The number of hydrogen-bond acceptors (Lipinski definition) is 6. The molecule has 4 aliphatic carbocycles. The normalized spacial score (nSPS) is 24.4. The zero-order chi connectivity index (χ0) is 29.9. The third-order valence-corrected chi connectivity index (χ3v) is 9.27. The standard InChI is InChI=1S/C29H34F4N8O2/c30-28(31)8-5-18(6-9-28)24(39-26(43)25-34-15-35-41(25)13-16-1-2-16)21-14-40-10-7-20(36-27(40)37-21)23(17-3-4-17)38-22(42)11-19-12-29(19,32)33/h7,10,14-19,23-24H,1-6,8-9,11-13H2,(H,38,42)(H,39,43)/t19-,23?,24?/m1/s1. The van der Waals surface area contributed by atoms with Crippen molar-refractivity contribution in [3.05, 3.63) is 42.0 Å². The van der Waals surface area contributed by atoms with E-state index in [9.17, 15) is 27.2 Å². The number of fused-ring (bicyclic) bond motifs is 1. The van der Waals surface area contributed by atoms with E-state index in [0.717, 1.165) is 25.7 Å². The van der Waals surface area contributed by atoms with Crippen molar-refractivity contribution in [2.45, 2.75) is 94.7 Å². The smallest absolute Gasteiger partial charge is 0.289 e. The van der Waals surface area contributed by atoms with Gasteiger partial charge in [-0.3, -0.25) is 14.0 Å². The first-order valence-corrected chi connectivity index (χ1v) is 15.1. The fourth-order valence-electron chi connectivity index (χ4n) is 6.19. The Morgan fingerprint density at radius 2 is 1.63 bits per heavy atom. The maximum Gasteiger partial charge on any atom is 0.289 e.